The van der Waals surface area contributed by atoms with Crippen molar-refractivity contribution in [3.8, 4) is 0 Å². The lowest BCUT2D eigenvalue weighted by Gasteiger charge is -2.02. The van der Waals surface area contributed by atoms with Crippen molar-refractivity contribution < 1.29 is 1.37 Å². The van der Waals surface area contributed by atoms with Crippen LogP contribution in [0.5, 0.6) is 0 Å². The van der Waals surface area contributed by atoms with Crippen molar-refractivity contribution in [3.63, 3.8) is 0 Å². The van der Waals surface area contributed by atoms with E-state index in [4.69, 9.17) is 1.37 Å². The van der Waals surface area contributed by atoms with Gasteiger partial charge in [0.05, 0.1) is 0 Å². The molecule has 0 spiro atoms. The first-order valence-electron chi connectivity index (χ1n) is 8.41. The van der Waals surface area contributed by atoms with E-state index in [1.807, 2.05) is 0 Å². The standard InChI is InChI=1S/C16H34/c1-3-5-7-9-11-13-15-16-14-12-10-8-6-4-2/h3-16H2,1-2H3/i1D. The molecule has 0 heterocycles. The molecule has 0 aromatic heterocycles. The summed E-state index contributed by atoms with van der Waals surface area (Å²) in [7, 11) is 0. The highest BCUT2D eigenvalue weighted by Crippen LogP contribution is 2.12. The summed E-state index contributed by atoms with van der Waals surface area (Å²) in [5.41, 5.74) is 0. The molecule has 0 fully saturated rings. The van der Waals surface area contributed by atoms with Crippen molar-refractivity contribution in [2.75, 3.05) is 0 Å². The van der Waals surface area contributed by atoms with Gasteiger partial charge in [-0.3, -0.25) is 0 Å². The third-order valence-electron chi connectivity index (χ3n) is 3.35. The van der Waals surface area contributed by atoms with Crippen molar-refractivity contribution in [2.24, 2.45) is 0 Å². The molecule has 16 heavy (non-hydrogen) atoms. The van der Waals surface area contributed by atoms with Gasteiger partial charge in [-0.2, -0.15) is 0 Å². The van der Waals surface area contributed by atoms with Crippen molar-refractivity contribution in [1.29, 1.82) is 0 Å². The largest absolute Gasteiger partial charge is 0.0654 e. The smallest absolute Gasteiger partial charge is 0.0230 e. The summed E-state index contributed by atoms with van der Waals surface area (Å²) in [4.78, 5) is 0. The van der Waals surface area contributed by atoms with Gasteiger partial charge in [0.15, 0.2) is 0 Å². The molecule has 0 N–H and O–H groups in total. The first-order valence-corrected chi connectivity index (χ1v) is 7.71. The van der Waals surface area contributed by atoms with E-state index in [9.17, 15) is 0 Å². The summed E-state index contributed by atoms with van der Waals surface area (Å²) in [6.45, 7) is 2.90. The molecule has 0 unspecified atom stereocenters. The topological polar surface area (TPSA) is 0 Å². The molecule has 0 aliphatic rings. The highest BCUT2D eigenvalue weighted by atomic mass is 14.0. The van der Waals surface area contributed by atoms with E-state index in [0.717, 1.165) is 6.42 Å². The molecule has 0 aromatic rings. The Morgan fingerprint density at radius 2 is 0.812 bits per heavy atom. The lowest BCUT2D eigenvalue weighted by atomic mass is 10.0. The molecule has 0 saturated carbocycles. The Morgan fingerprint density at radius 1 is 0.500 bits per heavy atom. The zero-order valence-corrected chi connectivity index (χ0v) is 11.6. The van der Waals surface area contributed by atoms with Crippen LogP contribution in [0.3, 0.4) is 0 Å². The van der Waals surface area contributed by atoms with Gasteiger partial charge in [0.2, 0.25) is 0 Å². The van der Waals surface area contributed by atoms with Crippen LogP contribution in [0.2, 0.25) is 0 Å². The zero-order chi connectivity index (χ0) is 12.6. The number of rotatable bonds is 13. The van der Waals surface area contributed by atoms with E-state index in [-0.39, 0.29) is 0 Å². The van der Waals surface area contributed by atoms with Gasteiger partial charge < -0.3 is 0 Å². The summed E-state index contributed by atoms with van der Waals surface area (Å²) in [5, 5.41) is 0. The summed E-state index contributed by atoms with van der Waals surface area (Å²) in [5.74, 6) is 0. The second-order valence-corrected chi connectivity index (χ2v) is 5.10. The first kappa shape index (κ1) is 14.1. The minimum atomic E-state index is 0.623. The molecular weight excluding hydrogens is 192 g/mol. The Morgan fingerprint density at radius 3 is 1.12 bits per heavy atom. The average Bonchev–Trinajstić information content (AvgIpc) is 2.35. The van der Waals surface area contributed by atoms with E-state index >= 15 is 0 Å². The van der Waals surface area contributed by atoms with Gasteiger partial charge in [-0.05, 0) is 0 Å². The maximum atomic E-state index is 7.06. The molecule has 0 nitrogen and oxygen atoms in total. The van der Waals surface area contributed by atoms with Gasteiger partial charge in [-0.15, -0.1) is 0 Å². The molecule has 0 amide bonds. The van der Waals surface area contributed by atoms with Crippen molar-refractivity contribution >= 4 is 0 Å². The third kappa shape index (κ3) is 14.0. The molecule has 0 heteroatoms. The van der Waals surface area contributed by atoms with Gasteiger partial charge in [-0.1, -0.05) is 104 Å². The fourth-order valence-corrected chi connectivity index (χ4v) is 2.19. The number of unbranched alkanes of at least 4 members (excludes halogenated alkanes) is 13. The monoisotopic (exact) mass is 227 g/mol. The van der Waals surface area contributed by atoms with Crippen LogP contribution < -0.4 is 0 Å². The van der Waals surface area contributed by atoms with Crippen LogP contribution in [0.15, 0.2) is 0 Å². The van der Waals surface area contributed by atoms with Gasteiger partial charge >= 0.3 is 0 Å². The summed E-state index contributed by atoms with van der Waals surface area (Å²) in [6, 6.07) is 0. The lowest BCUT2D eigenvalue weighted by molar-refractivity contribution is 0.538. The predicted octanol–water partition coefficient (Wildman–Crippen LogP) is 6.49. The van der Waals surface area contributed by atoms with E-state index in [1.165, 1.54) is 83.5 Å². The Hall–Kier alpha value is 0. The van der Waals surface area contributed by atoms with Crippen molar-refractivity contribution in [1.82, 2.24) is 0 Å². The molecule has 0 bridgehead atoms. The normalized spacial score (nSPS) is 11.7. The fourth-order valence-electron chi connectivity index (χ4n) is 2.19. The molecular formula is C16H34. The van der Waals surface area contributed by atoms with E-state index in [2.05, 4.69) is 6.92 Å². The lowest BCUT2D eigenvalue weighted by Crippen LogP contribution is -1.82. The molecule has 0 aromatic carbocycles. The van der Waals surface area contributed by atoms with Crippen molar-refractivity contribution in [3.05, 3.63) is 0 Å². The minimum absolute atomic E-state index is 0.623. The molecule has 0 radical (unpaired) electrons. The fraction of sp³-hybridized carbons (Fsp3) is 1.00. The van der Waals surface area contributed by atoms with Crippen LogP contribution in [0.1, 0.15) is 105 Å². The van der Waals surface area contributed by atoms with E-state index in [1.54, 1.807) is 0 Å². The highest BCUT2D eigenvalue weighted by Gasteiger charge is 1.92. The van der Waals surface area contributed by atoms with Crippen LogP contribution in [-0.2, 0) is 0 Å². The predicted molar refractivity (Wildman–Crippen MR) is 76.0 cm³/mol. The van der Waals surface area contributed by atoms with Crippen LogP contribution in [0.4, 0.5) is 0 Å². The van der Waals surface area contributed by atoms with Crippen LogP contribution in [0, 0.1) is 0 Å². The SMILES string of the molecule is [2H]CCCCCCCCCCCCCCCC. The maximum Gasteiger partial charge on any atom is 0.0230 e. The summed E-state index contributed by atoms with van der Waals surface area (Å²) in [6.07, 6.45) is 19.5. The quantitative estimate of drug-likeness (QED) is 0.316. The summed E-state index contributed by atoms with van der Waals surface area (Å²) < 4.78 is 7.06. The zero-order valence-electron chi connectivity index (χ0n) is 12.6. The molecule has 0 rings (SSSR count). The number of hydrogen-bond acceptors (Lipinski definition) is 0. The Balaban J connectivity index is 2.85. The molecule has 0 saturated heterocycles. The third-order valence-corrected chi connectivity index (χ3v) is 3.35. The maximum absolute atomic E-state index is 7.06. The van der Waals surface area contributed by atoms with E-state index < -0.39 is 0 Å². The Kier molecular flexibility index (Phi) is 13.2. The van der Waals surface area contributed by atoms with Crippen LogP contribution >= 0.6 is 0 Å². The van der Waals surface area contributed by atoms with Crippen molar-refractivity contribution in [2.45, 2.75) is 104 Å². The number of hydrogen-bond donors (Lipinski definition) is 0. The van der Waals surface area contributed by atoms with Gasteiger partial charge in [0, 0.05) is 1.37 Å². The first-order chi connectivity index (χ1) is 8.41. The van der Waals surface area contributed by atoms with Gasteiger partial charge in [-0.25, -0.2) is 0 Å². The minimum Gasteiger partial charge on any atom is -0.0654 e. The molecule has 0 atom stereocenters. The van der Waals surface area contributed by atoms with E-state index in [0.29, 0.717) is 6.90 Å². The van der Waals surface area contributed by atoms with Gasteiger partial charge in [0.1, 0.15) is 0 Å². The molecule has 0 aliphatic carbocycles. The molecule has 98 valence electrons. The molecule has 0 aliphatic heterocycles. The highest BCUT2D eigenvalue weighted by molar-refractivity contribution is 4.48. The Labute approximate surface area is 106 Å². The average molecular weight is 227 g/mol. The van der Waals surface area contributed by atoms with Crippen LogP contribution in [0.25, 0.3) is 0 Å². The summed E-state index contributed by atoms with van der Waals surface area (Å²) >= 11 is 0. The van der Waals surface area contributed by atoms with Gasteiger partial charge in [0.25, 0.3) is 0 Å². The van der Waals surface area contributed by atoms with Crippen LogP contribution in [-0.4, -0.2) is 0 Å². The second kappa shape index (κ2) is 15.0. The second-order valence-electron chi connectivity index (χ2n) is 5.10. The Bertz CT molecular complexity index is 109.